The van der Waals surface area contributed by atoms with Crippen LogP contribution in [0.25, 0.3) is 0 Å². The molecule has 0 saturated heterocycles. The van der Waals surface area contributed by atoms with E-state index in [1.165, 1.54) is 12.1 Å². The summed E-state index contributed by atoms with van der Waals surface area (Å²) >= 11 is 0. The minimum atomic E-state index is -4.39. The fourth-order valence-corrected chi connectivity index (χ4v) is 3.10. The standard InChI is InChI=1S/C24H23F3N2O2/c1-2-16-5-4-8-21(22(28)14-16)23(30)29-15-17-6-3-7-20(13-17)31-19-11-9-18(10-12-19)24(25,26)27/h3-13H,2,14-15,28H2,1H3,(H,29,30). The van der Waals surface area contributed by atoms with Crippen molar-refractivity contribution in [2.24, 2.45) is 5.73 Å². The molecule has 0 fully saturated rings. The maximum absolute atomic E-state index is 12.7. The second-order valence-electron chi connectivity index (χ2n) is 7.11. The molecule has 4 nitrogen and oxygen atoms in total. The van der Waals surface area contributed by atoms with Crippen molar-refractivity contribution >= 4 is 5.91 Å². The van der Waals surface area contributed by atoms with Crippen LogP contribution >= 0.6 is 0 Å². The lowest BCUT2D eigenvalue weighted by Crippen LogP contribution is -2.26. The average Bonchev–Trinajstić information content (AvgIpc) is 2.93. The van der Waals surface area contributed by atoms with Crippen LogP contribution in [0.15, 0.2) is 83.6 Å². The van der Waals surface area contributed by atoms with Gasteiger partial charge < -0.3 is 15.8 Å². The molecule has 1 amide bonds. The Kier molecular flexibility index (Phi) is 6.84. The molecule has 0 aromatic heterocycles. The van der Waals surface area contributed by atoms with E-state index in [0.717, 1.165) is 29.7 Å². The van der Waals surface area contributed by atoms with E-state index >= 15 is 0 Å². The molecule has 0 radical (unpaired) electrons. The summed E-state index contributed by atoms with van der Waals surface area (Å²) < 4.78 is 43.7. The Morgan fingerprint density at radius 1 is 1.13 bits per heavy atom. The number of nitrogens with two attached hydrogens (primary N) is 1. The number of amides is 1. The van der Waals surface area contributed by atoms with Crippen LogP contribution in [0.5, 0.6) is 11.5 Å². The lowest BCUT2D eigenvalue weighted by atomic mass is 10.1. The summed E-state index contributed by atoms with van der Waals surface area (Å²) in [6.07, 6.45) is 2.53. The van der Waals surface area contributed by atoms with Crippen LogP contribution in [0.4, 0.5) is 13.2 Å². The first kappa shape index (κ1) is 22.2. The molecule has 0 spiro atoms. The fraction of sp³-hybridized carbons (Fsp3) is 0.208. The zero-order chi connectivity index (χ0) is 22.4. The van der Waals surface area contributed by atoms with Crippen LogP contribution < -0.4 is 15.8 Å². The van der Waals surface area contributed by atoms with Gasteiger partial charge in [0, 0.05) is 18.7 Å². The van der Waals surface area contributed by atoms with Gasteiger partial charge in [0.2, 0.25) is 0 Å². The molecule has 3 rings (SSSR count). The van der Waals surface area contributed by atoms with Crippen molar-refractivity contribution in [1.82, 2.24) is 5.32 Å². The lowest BCUT2D eigenvalue weighted by Gasteiger charge is -2.11. The number of nitrogens with one attached hydrogen (secondary N) is 1. The van der Waals surface area contributed by atoms with Gasteiger partial charge in [-0.15, -0.1) is 0 Å². The van der Waals surface area contributed by atoms with Crippen LogP contribution in [0.3, 0.4) is 0 Å². The number of carbonyl (C=O) groups is 1. The monoisotopic (exact) mass is 428 g/mol. The normalized spacial score (nSPS) is 14.1. The first-order valence-corrected chi connectivity index (χ1v) is 9.83. The minimum absolute atomic E-state index is 0.252. The summed E-state index contributed by atoms with van der Waals surface area (Å²) in [6.45, 7) is 2.29. The number of alkyl halides is 3. The van der Waals surface area contributed by atoms with E-state index in [1.54, 1.807) is 24.3 Å². The Labute approximate surface area is 178 Å². The quantitative estimate of drug-likeness (QED) is 0.627. The van der Waals surface area contributed by atoms with E-state index in [-0.39, 0.29) is 18.2 Å². The van der Waals surface area contributed by atoms with Crippen molar-refractivity contribution in [2.45, 2.75) is 32.5 Å². The molecule has 1 aliphatic rings. The third kappa shape index (κ3) is 6.01. The van der Waals surface area contributed by atoms with E-state index in [1.807, 2.05) is 25.1 Å². The number of hydrogen-bond acceptors (Lipinski definition) is 3. The third-order valence-electron chi connectivity index (χ3n) is 4.83. The highest BCUT2D eigenvalue weighted by atomic mass is 19.4. The van der Waals surface area contributed by atoms with Crippen molar-refractivity contribution in [3.05, 3.63) is 94.7 Å². The summed E-state index contributed by atoms with van der Waals surface area (Å²) in [6, 6.07) is 11.4. The minimum Gasteiger partial charge on any atom is -0.457 e. The van der Waals surface area contributed by atoms with E-state index < -0.39 is 11.7 Å². The first-order valence-electron chi connectivity index (χ1n) is 9.83. The van der Waals surface area contributed by atoms with Gasteiger partial charge in [0.25, 0.3) is 5.91 Å². The Morgan fingerprint density at radius 3 is 2.55 bits per heavy atom. The molecule has 2 aromatic rings. The summed E-state index contributed by atoms with van der Waals surface area (Å²) in [7, 11) is 0. The molecular weight excluding hydrogens is 405 g/mol. The number of hydrogen-bond donors (Lipinski definition) is 2. The van der Waals surface area contributed by atoms with Crippen LogP contribution in [0.1, 0.15) is 30.9 Å². The summed E-state index contributed by atoms with van der Waals surface area (Å²) in [5, 5.41) is 2.84. The molecule has 7 heteroatoms. The predicted octanol–water partition coefficient (Wildman–Crippen LogP) is 5.62. The van der Waals surface area contributed by atoms with Crippen LogP contribution in [0.2, 0.25) is 0 Å². The number of benzene rings is 2. The molecule has 162 valence electrons. The SMILES string of the molecule is CCC1=CC=CC(C(=O)NCc2cccc(Oc3ccc(C(F)(F)F)cc3)c2)=C(N)C1. The Balaban J connectivity index is 1.63. The van der Waals surface area contributed by atoms with Crippen molar-refractivity contribution in [2.75, 3.05) is 0 Å². The molecule has 2 aromatic carbocycles. The molecule has 0 aliphatic heterocycles. The average molecular weight is 428 g/mol. The summed E-state index contributed by atoms with van der Waals surface area (Å²) in [4.78, 5) is 12.6. The second kappa shape index (κ2) is 9.55. The highest BCUT2D eigenvalue weighted by Crippen LogP contribution is 2.31. The Bertz CT molecular complexity index is 1040. The van der Waals surface area contributed by atoms with Crippen LogP contribution in [-0.4, -0.2) is 5.91 Å². The number of ether oxygens (including phenoxy) is 1. The number of allylic oxidation sites excluding steroid dienone is 3. The highest BCUT2D eigenvalue weighted by molar-refractivity contribution is 5.97. The van der Waals surface area contributed by atoms with Gasteiger partial charge in [0.1, 0.15) is 11.5 Å². The second-order valence-corrected chi connectivity index (χ2v) is 7.11. The van der Waals surface area contributed by atoms with E-state index in [2.05, 4.69) is 5.32 Å². The van der Waals surface area contributed by atoms with E-state index in [4.69, 9.17) is 10.5 Å². The fourth-order valence-electron chi connectivity index (χ4n) is 3.10. The molecule has 1 aliphatic carbocycles. The van der Waals surface area contributed by atoms with Crippen molar-refractivity contribution < 1.29 is 22.7 Å². The molecule has 3 N–H and O–H groups in total. The van der Waals surface area contributed by atoms with Crippen molar-refractivity contribution in [3.63, 3.8) is 0 Å². The molecular formula is C24H23F3N2O2. The Morgan fingerprint density at radius 2 is 1.87 bits per heavy atom. The van der Waals surface area contributed by atoms with Crippen molar-refractivity contribution in [3.8, 4) is 11.5 Å². The smallest absolute Gasteiger partial charge is 0.416 e. The largest absolute Gasteiger partial charge is 0.457 e. The van der Waals surface area contributed by atoms with Crippen LogP contribution in [-0.2, 0) is 17.5 Å². The van der Waals surface area contributed by atoms with Gasteiger partial charge >= 0.3 is 6.18 Å². The first-order chi connectivity index (χ1) is 14.8. The van der Waals surface area contributed by atoms with Gasteiger partial charge in [-0.25, -0.2) is 0 Å². The number of rotatable bonds is 6. The predicted molar refractivity (Wildman–Crippen MR) is 113 cm³/mol. The molecule has 31 heavy (non-hydrogen) atoms. The van der Waals surface area contributed by atoms with Gasteiger partial charge in [0.15, 0.2) is 0 Å². The van der Waals surface area contributed by atoms with Gasteiger partial charge in [-0.05, 0) is 54.5 Å². The zero-order valence-corrected chi connectivity index (χ0v) is 17.0. The van der Waals surface area contributed by atoms with Gasteiger partial charge in [0.05, 0.1) is 11.1 Å². The summed E-state index contributed by atoms with van der Waals surface area (Å²) in [5.41, 5.74) is 8.27. The van der Waals surface area contributed by atoms with E-state index in [0.29, 0.717) is 23.4 Å². The maximum atomic E-state index is 12.7. The zero-order valence-electron chi connectivity index (χ0n) is 17.0. The third-order valence-corrected chi connectivity index (χ3v) is 4.83. The highest BCUT2D eigenvalue weighted by Gasteiger charge is 2.30. The van der Waals surface area contributed by atoms with Crippen molar-refractivity contribution in [1.29, 1.82) is 0 Å². The maximum Gasteiger partial charge on any atom is 0.416 e. The van der Waals surface area contributed by atoms with Gasteiger partial charge in [-0.3, -0.25) is 4.79 Å². The lowest BCUT2D eigenvalue weighted by molar-refractivity contribution is -0.137. The molecule has 0 bridgehead atoms. The molecule has 0 saturated carbocycles. The number of halogens is 3. The van der Waals surface area contributed by atoms with Gasteiger partial charge in [-0.1, -0.05) is 36.8 Å². The topological polar surface area (TPSA) is 64.3 Å². The van der Waals surface area contributed by atoms with Gasteiger partial charge in [-0.2, -0.15) is 13.2 Å². The molecule has 0 heterocycles. The number of carbonyl (C=O) groups excluding carboxylic acids is 1. The molecule has 0 unspecified atom stereocenters. The van der Waals surface area contributed by atoms with E-state index in [9.17, 15) is 18.0 Å². The molecule has 0 atom stereocenters. The Hall–Kier alpha value is -3.48. The van der Waals surface area contributed by atoms with Crippen LogP contribution in [0, 0.1) is 0 Å². The summed E-state index contributed by atoms with van der Waals surface area (Å²) in [5.74, 6) is 0.472.